The van der Waals surface area contributed by atoms with Crippen molar-refractivity contribution in [3.8, 4) is 11.3 Å². The van der Waals surface area contributed by atoms with Crippen LogP contribution < -0.4 is 4.90 Å². The van der Waals surface area contributed by atoms with Crippen LogP contribution in [0.4, 0.5) is 5.82 Å². The molecule has 2 saturated heterocycles. The maximum absolute atomic E-state index is 13.3. The lowest BCUT2D eigenvalue weighted by Crippen LogP contribution is -2.54. The highest BCUT2D eigenvalue weighted by molar-refractivity contribution is 5.80. The summed E-state index contributed by atoms with van der Waals surface area (Å²) in [6, 6.07) is 15.0. The highest BCUT2D eigenvalue weighted by Gasteiger charge is 2.33. The molecule has 1 aliphatic carbocycles. The third-order valence-electron chi connectivity index (χ3n) is 7.53. The van der Waals surface area contributed by atoms with Gasteiger partial charge in [0.25, 0.3) is 0 Å². The number of aromatic nitrogens is 2. The minimum absolute atomic E-state index is 0.0700. The molecule has 6 heteroatoms. The van der Waals surface area contributed by atoms with Crippen molar-refractivity contribution < 1.29 is 4.79 Å². The monoisotopic (exact) mass is 433 g/mol. The molecular formula is C26H35N5O. The van der Waals surface area contributed by atoms with Gasteiger partial charge in [0.15, 0.2) is 5.82 Å². The van der Waals surface area contributed by atoms with Crippen molar-refractivity contribution in [2.45, 2.75) is 51.0 Å². The molecule has 0 radical (unpaired) electrons. The first-order chi connectivity index (χ1) is 15.8. The largest absolute Gasteiger partial charge is 0.354 e. The van der Waals surface area contributed by atoms with Crippen molar-refractivity contribution in [2.75, 3.05) is 44.2 Å². The molecule has 6 nitrogen and oxygen atoms in total. The molecular weight excluding hydrogens is 398 g/mol. The molecule has 2 aliphatic heterocycles. The van der Waals surface area contributed by atoms with Crippen LogP contribution in [0.1, 0.15) is 44.9 Å². The average Bonchev–Trinajstić information content (AvgIpc) is 2.89. The Kier molecular flexibility index (Phi) is 6.67. The summed E-state index contributed by atoms with van der Waals surface area (Å²) in [4.78, 5) is 20.3. The van der Waals surface area contributed by atoms with Gasteiger partial charge >= 0.3 is 0 Å². The zero-order valence-electron chi connectivity index (χ0n) is 19.0. The summed E-state index contributed by atoms with van der Waals surface area (Å²) in [5, 5.41) is 8.94. The maximum Gasteiger partial charge on any atom is 0.227 e. The summed E-state index contributed by atoms with van der Waals surface area (Å²) in [6.45, 7) is 5.55. The van der Waals surface area contributed by atoms with Gasteiger partial charge in [-0.05, 0) is 37.8 Å². The highest BCUT2D eigenvalue weighted by atomic mass is 16.2. The van der Waals surface area contributed by atoms with Crippen molar-refractivity contribution in [3.63, 3.8) is 0 Å². The van der Waals surface area contributed by atoms with Crippen LogP contribution in [0.25, 0.3) is 11.3 Å². The van der Waals surface area contributed by atoms with Crippen molar-refractivity contribution in [1.82, 2.24) is 20.0 Å². The summed E-state index contributed by atoms with van der Waals surface area (Å²) in [5.74, 6) is 1.29. The van der Waals surface area contributed by atoms with Gasteiger partial charge in [0, 0.05) is 50.9 Å². The van der Waals surface area contributed by atoms with Gasteiger partial charge in [-0.1, -0.05) is 49.6 Å². The Labute approximate surface area is 191 Å². The molecule has 1 aromatic heterocycles. The summed E-state index contributed by atoms with van der Waals surface area (Å²) in [7, 11) is 0. The number of carbonyl (C=O) groups is 1. The van der Waals surface area contributed by atoms with Gasteiger partial charge in [-0.3, -0.25) is 9.69 Å². The van der Waals surface area contributed by atoms with Crippen LogP contribution >= 0.6 is 0 Å². The van der Waals surface area contributed by atoms with Crippen LogP contribution in [0.3, 0.4) is 0 Å². The lowest BCUT2D eigenvalue weighted by Gasteiger charge is -2.42. The Balaban J connectivity index is 1.16. The van der Waals surface area contributed by atoms with E-state index < -0.39 is 0 Å². The van der Waals surface area contributed by atoms with E-state index in [0.717, 1.165) is 75.2 Å². The quantitative estimate of drug-likeness (QED) is 0.733. The summed E-state index contributed by atoms with van der Waals surface area (Å²) in [6.07, 6.45) is 8.83. The van der Waals surface area contributed by atoms with Gasteiger partial charge in [0.2, 0.25) is 5.91 Å². The number of piperazine rings is 1. The van der Waals surface area contributed by atoms with E-state index in [1.165, 1.54) is 32.1 Å². The first kappa shape index (κ1) is 21.4. The first-order valence-electron chi connectivity index (χ1n) is 12.4. The van der Waals surface area contributed by atoms with Crippen molar-refractivity contribution in [2.24, 2.45) is 5.92 Å². The fourth-order valence-corrected chi connectivity index (χ4v) is 5.66. The molecule has 5 rings (SSSR count). The summed E-state index contributed by atoms with van der Waals surface area (Å²) in [5.41, 5.74) is 1.96. The van der Waals surface area contributed by atoms with Gasteiger partial charge in [0.1, 0.15) is 0 Å². The highest BCUT2D eigenvalue weighted by Crippen LogP contribution is 2.26. The van der Waals surface area contributed by atoms with E-state index in [-0.39, 0.29) is 5.92 Å². The van der Waals surface area contributed by atoms with E-state index in [1.807, 2.05) is 42.5 Å². The second kappa shape index (κ2) is 9.99. The molecule has 0 spiro atoms. The lowest BCUT2D eigenvalue weighted by molar-refractivity contribution is -0.138. The molecule has 2 aromatic rings. The smallest absolute Gasteiger partial charge is 0.227 e. The van der Waals surface area contributed by atoms with E-state index in [2.05, 4.69) is 24.9 Å². The first-order valence-corrected chi connectivity index (χ1v) is 12.4. The molecule has 1 saturated carbocycles. The minimum atomic E-state index is 0.0700. The van der Waals surface area contributed by atoms with Gasteiger partial charge in [-0.2, -0.15) is 0 Å². The van der Waals surface area contributed by atoms with Crippen LogP contribution in [0, 0.1) is 5.92 Å². The maximum atomic E-state index is 13.3. The SMILES string of the molecule is O=C([C@H]1CCCN(c2ccc(-c3ccccc3)nn2)C1)N1CCN(C2CCCCC2)CC1. The molecule has 3 fully saturated rings. The van der Waals surface area contributed by atoms with Crippen LogP contribution in [-0.2, 0) is 4.79 Å². The number of amides is 1. The van der Waals surface area contributed by atoms with Crippen LogP contribution in [0.5, 0.6) is 0 Å². The summed E-state index contributed by atoms with van der Waals surface area (Å²) < 4.78 is 0. The Morgan fingerprint density at radius 3 is 2.28 bits per heavy atom. The molecule has 0 N–H and O–H groups in total. The number of hydrogen-bond acceptors (Lipinski definition) is 5. The van der Waals surface area contributed by atoms with Crippen molar-refractivity contribution in [3.05, 3.63) is 42.5 Å². The number of nitrogens with zero attached hydrogens (tertiary/aromatic N) is 5. The average molecular weight is 434 g/mol. The molecule has 1 aromatic carbocycles. The lowest BCUT2D eigenvalue weighted by atomic mass is 9.93. The Bertz CT molecular complexity index is 873. The summed E-state index contributed by atoms with van der Waals surface area (Å²) >= 11 is 0. The van der Waals surface area contributed by atoms with Gasteiger partial charge in [0.05, 0.1) is 11.6 Å². The number of carbonyl (C=O) groups excluding carboxylic acids is 1. The van der Waals surface area contributed by atoms with E-state index in [4.69, 9.17) is 0 Å². The standard InChI is InChI=1S/C26H35N5O/c32-26(30-18-16-29(17-19-30)23-11-5-2-6-12-23)22-10-7-15-31(20-22)25-14-13-24(27-28-25)21-8-3-1-4-9-21/h1,3-4,8-9,13-14,22-23H,2,5-7,10-12,15-20H2/t22-/m0/s1. The second-order valence-electron chi connectivity index (χ2n) is 9.58. The number of piperidine rings is 1. The van der Waals surface area contributed by atoms with E-state index in [1.54, 1.807) is 0 Å². The Morgan fingerprint density at radius 1 is 0.781 bits per heavy atom. The van der Waals surface area contributed by atoms with E-state index in [9.17, 15) is 4.79 Å². The molecule has 32 heavy (non-hydrogen) atoms. The molecule has 1 amide bonds. The van der Waals surface area contributed by atoms with Gasteiger partial charge < -0.3 is 9.80 Å². The Morgan fingerprint density at radius 2 is 1.56 bits per heavy atom. The number of rotatable bonds is 4. The van der Waals surface area contributed by atoms with Crippen LogP contribution in [-0.4, -0.2) is 71.2 Å². The van der Waals surface area contributed by atoms with Crippen molar-refractivity contribution in [1.29, 1.82) is 0 Å². The zero-order valence-corrected chi connectivity index (χ0v) is 19.0. The Hall–Kier alpha value is -2.47. The molecule has 3 heterocycles. The zero-order chi connectivity index (χ0) is 21.8. The number of hydrogen-bond donors (Lipinski definition) is 0. The van der Waals surface area contributed by atoms with E-state index >= 15 is 0 Å². The minimum Gasteiger partial charge on any atom is -0.354 e. The van der Waals surface area contributed by atoms with Crippen molar-refractivity contribution >= 4 is 11.7 Å². The fraction of sp³-hybridized carbons (Fsp3) is 0.577. The molecule has 1 atom stereocenters. The molecule has 170 valence electrons. The van der Waals surface area contributed by atoms with Gasteiger partial charge in [-0.15, -0.1) is 10.2 Å². The fourth-order valence-electron chi connectivity index (χ4n) is 5.66. The normalized spacial score (nSPS) is 23.3. The van der Waals surface area contributed by atoms with Gasteiger partial charge in [-0.25, -0.2) is 0 Å². The predicted molar refractivity (Wildman–Crippen MR) is 127 cm³/mol. The number of benzene rings is 1. The molecule has 0 bridgehead atoms. The second-order valence-corrected chi connectivity index (χ2v) is 9.58. The van der Waals surface area contributed by atoms with Crippen LogP contribution in [0.2, 0.25) is 0 Å². The van der Waals surface area contributed by atoms with E-state index in [0.29, 0.717) is 5.91 Å². The molecule has 0 unspecified atom stereocenters. The third-order valence-corrected chi connectivity index (χ3v) is 7.53. The number of anilines is 1. The topological polar surface area (TPSA) is 52.6 Å². The third kappa shape index (κ3) is 4.80. The predicted octanol–water partition coefficient (Wildman–Crippen LogP) is 3.84. The molecule has 3 aliphatic rings. The van der Waals surface area contributed by atoms with Crippen LogP contribution in [0.15, 0.2) is 42.5 Å².